The van der Waals surface area contributed by atoms with Crippen molar-refractivity contribution in [2.45, 2.75) is 25.9 Å². The van der Waals surface area contributed by atoms with Gasteiger partial charge in [-0.3, -0.25) is 9.78 Å². The Balaban J connectivity index is 1.22. The van der Waals surface area contributed by atoms with Crippen LogP contribution in [-0.4, -0.2) is 30.3 Å². The summed E-state index contributed by atoms with van der Waals surface area (Å²) in [5, 5.41) is 2.99. The zero-order chi connectivity index (χ0) is 20.5. The van der Waals surface area contributed by atoms with Crippen molar-refractivity contribution < 1.29 is 19.0 Å². The van der Waals surface area contributed by atoms with Gasteiger partial charge in [0.15, 0.2) is 11.5 Å². The molecule has 6 heteroatoms. The minimum atomic E-state index is -0.0918. The Bertz CT molecular complexity index is 1110. The standard InChI is InChI=1S/C24H22N2O4/c1-15-4-3-9-25-23(15)19-6-2-5-17-12-18(30-24(17)19)13-26-22(27)11-16-7-8-20-21(10-16)29-14-28-20/h2-10,18H,11-14H2,1H3,(H,26,27)/t18-/m1/s1. The van der Waals surface area contributed by atoms with Crippen molar-refractivity contribution in [2.24, 2.45) is 0 Å². The van der Waals surface area contributed by atoms with Crippen molar-refractivity contribution in [1.29, 1.82) is 0 Å². The highest BCUT2D eigenvalue weighted by Gasteiger charge is 2.27. The summed E-state index contributed by atoms with van der Waals surface area (Å²) < 4.78 is 16.9. The summed E-state index contributed by atoms with van der Waals surface area (Å²) in [6.45, 7) is 2.73. The van der Waals surface area contributed by atoms with Gasteiger partial charge in [0.05, 0.1) is 18.7 Å². The van der Waals surface area contributed by atoms with Crippen LogP contribution in [0.4, 0.5) is 0 Å². The number of amides is 1. The second kappa shape index (κ2) is 7.71. The number of pyridine rings is 1. The van der Waals surface area contributed by atoms with Gasteiger partial charge in [-0.2, -0.15) is 0 Å². The molecule has 2 aliphatic rings. The van der Waals surface area contributed by atoms with E-state index in [1.807, 2.05) is 49.4 Å². The number of para-hydroxylation sites is 1. The van der Waals surface area contributed by atoms with Gasteiger partial charge in [0, 0.05) is 18.2 Å². The summed E-state index contributed by atoms with van der Waals surface area (Å²) in [7, 11) is 0. The third-order valence-corrected chi connectivity index (χ3v) is 5.42. The molecule has 0 radical (unpaired) electrons. The Morgan fingerprint density at radius 2 is 2.03 bits per heavy atom. The van der Waals surface area contributed by atoms with Crippen molar-refractivity contribution in [3.05, 3.63) is 71.4 Å². The van der Waals surface area contributed by atoms with Crippen LogP contribution in [0.25, 0.3) is 11.3 Å². The topological polar surface area (TPSA) is 69.7 Å². The molecule has 1 aromatic heterocycles. The molecule has 152 valence electrons. The number of hydrogen-bond donors (Lipinski definition) is 1. The van der Waals surface area contributed by atoms with Crippen LogP contribution in [0, 0.1) is 6.92 Å². The molecule has 2 aromatic carbocycles. The lowest BCUT2D eigenvalue weighted by Gasteiger charge is -2.14. The molecule has 0 bridgehead atoms. The highest BCUT2D eigenvalue weighted by atomic mass is 16.7. The van der Waals surface area contributed by atoms with Gasteiger partial charge in [-0.15, -0.1) is 0 Å². The molecule has 1 amide bonds. The molecular formula is C24H22N2O4. The number of aryl methyl sites for hydroxylation is 1. The lowest BCUT2D eigenvalue weighted by Crippen LogP contribution is -2.35. The Morgan fingerprint density at radius 1 is 1.13 bits per heavy atom. The van der Waals surface area contributed by atoms with E-state index in [1.54, 1.807) is 6.20 Å². The number of rotatable bonds is 5. The summed E-state index contributed by atoms with van der Waals surface area (Å²) in [5.74, 6) is 2.23. The number of ether oxygens (including phenoxy) is 3. The lowest BCUT2D eigenvalue weighted by atomic mass is 10.0. The Hall–Kier alpha value is -3.54. The first-order chi connectivity index (χ1) is 14.7. The molecule has 30 heavy (non-hydrogen) atoms. The zero-order valence-electron chi connectivity index (χ0n) is 16.7. The van der Waals surface area contributed by atoms with Gasteiger partial charge in [0.2, 0.25) is 12.7 Å². The average molecular weight is 402 g/mol. The number of aromatic nitrogens is 1. The second-order valence-corrected chi connectivity index (χ2v) is 7.58. The van der Waals surface area contributed by atoms with Gasteiger partial charge in [0.1, 0.15) is 11.9 Å². The van der Waals surface area contributed by atoms with Crippen molar-refractivity contribution in [3.63, 3.8) is 0 Å². The van der Waals surface area contributed by atoms with Crippen LogP contribution in [0.2, 0.25) is 0 Å². The Labute approximate surface area is 174 Å². The number of nitrogens with zero attached hydrogens (tertiary/aromatic N) is 1. The highest BCUT2D eigenvalue weighted by Crippen LogP contribution is 2.39. The molecule has 0 fully saturated rings. The number of carbonyl (C=O) groups is 1. The molecular weight excluding hydrogens is 380 g/mol. The van der Waals surface area contributed by atoms with Crippen molar-refractivity contribution in [3.8, 4) is 28.5 Å². The summed E-state index contributed by atoms with van der Waals surface area (Å²) in [6.07, 6.45) is 2.75. The number of nitrogens with one attached hydrogen (secondary N) is 1. The average Bonchev–Trinajstić information content (AvgIpc) is 3.38. The molecule has 0 aliphatic carbocycles. The smallest absolute Gasteiger partial charge is 0.231 e. The van der Waals surface area contributed by atoms with Crippen LogP contribution in [0.5, 0.6) is 17.2 Å². The number of benzene rings is 2. The van der Waals surface area contributed by atoms with Gasteiger partial charge >= 0.3 is 0 Å². The summed E-state index contributed by atoms with van der Waals surface area (Å²) in [4.78, 5) is 17.0. The fourth-order valence-electron chi connectivity index (χ4n) is 3.93. The molecule has 0 spiro atoms. The molecule has 5 rings (SSSR count). The summed E-state index contributed by atoms with van der Waals surface area (Å²) >= 11 is 0. The van der Waals surface area contributed by atoms with Crippen LogP contribution in [0.3, 0.4) is 0 Å². The first-order valence-corrected chi connectivity index (χ1v) is 10.0. The van der Waals surface area contributed by atoms with Crippen molar-refractivity contribution in [2.75, 3.05) is 13.3 Å². The lowest BCUT2D eigenvalue weighted by molar-refractivity contribution is -0.120. The van der Waals surface area contributed by atoms with Crippen LogP contribution >= 0.6 is 0 Å². The minimum absolute atomic E-state index is 0.0470. The third-order valence-electron chi connectivity index (χ3n) is 5.42. The van der Waals surface area contributed by atoms with E-state index in [2.05, 4.69) is 16.4 Å². The minimum Gasteiger partial charge on any atom is -0.487 e. The molecule has 3 aromatic rings. The first-order valence-electron chi connectivity index (χ1n) is 10.0. The summed E-state index contributed by atoms with van der Waals surface area (Å²) in [6, 6.07) is 15.7. The number of fused-ring (bicyclic) bond motifs is 2. The summed E-state index contributed by atoms with van der Waals surface area (Å²) in [5.41, 5.74) is 5.07. The maximum absolute atomic E-state index is 12.4. The highest BCUT2D eigenvalue weighted by molar-refractivity contribution is 5.79. The van der Waals surface area contributed by atoms with E-state index in [1.165, 1.54) is 0 Å². The van der Waals surface area contributed by atoms with Crippen LogP contribution in [-0.2, 0) is 17.6 Å². The second-order valence-electron chi connectivity index (χ2n) is 7.58. The van der Waals surface area contributed by atoms with Crippen molar-refractivity contribution >= 4 is 5.91 Å². The van der Waals surface area contributed by atoms with E-state index < -0.39 is 0 Å². The van der Waals surface area contributed by atoms with E-state index in [4.69, 9.17) is 14.2 Å². The van der Waals surface area contributed by atoms with Gasteiger partial charge in [0.25, 0.3) is 0 Å². The normalized spacial score (nSPS) is 16.1. The third kappa shape index (κ3) is 3.56. The maximum Gasteiger partial charge on any atom is 0.231 e. The largest absolute Gasteiger partial charge is 0.487 e. The number of hydrogen-bond acceptors (Lipinski definition) is 5. The fourth-order valence-corrected chi connectivity index (χ4v) is 3.93. The molecule has 1 N–H and O–H groups in total. The molecule has 0 saturated heterocycles. The molecule has 0 unspecified atom stereocenters. The van der Waals surface area contributed by atoms with Gasteiger partial charge in [-0.05, 0) is 47.9 Å². The maximum atomic E-state index is 12.4. The zero-order valence-corrected chi connectivity index (χ0v) is 16.7. The van der Waals surface area contributed by atoms with E-state index >= 15 is 0 Å². The Kier molecular flexibility index (Phi) is 4.75. The number of carbonyl (C=O) groups excluding carboxylic acids is 1. The monoisotopic (exact) mass is 402 g/mol. The Morgan fingerprint density at radius 3 is 2.93 bits per heavy atom. The van der Waals surface area contributed by atoms with E-state index in [9.17, 15) is 4.79 Å². The first kappa shape index (κ1) is 18.5. The van der Waals surface area contributed by atoms with Crippen LogP contribution < -0.4 is 19.5 Å². The van der Waals surface area contributed by atoms with E-state index in [0.29, 0.717) is 12.3 Å². The molecule has 2 aliphatic heterocycles. The molecule has 1 atom stereocenters. The molecule has 3 heterocycles. The van der Waals surface area contributed by atoms with Crippen molar-refractivity contribution in [1.82, 2.24) is 10.3 Å². The predicted octanol–water partition coefficient (Wildman–Crippen LogP) is 3.45. The quantitative estimate of drug-likeness (QED) is 0.708. The predicted molar refractivity (Wildman–Crippen MR) is 112 cm³/mol. The van der Waals surface area contributed by atoms with Gasteiger partial charge < -0.3 is 19.5 Å². The van der Waals surface area contributed by atoms with E-state index in [-0.39, 0.29) is 25.2 Å². The molecule has 0 saturated carbocycles. The van der Waals surface area contributed by atoms with Crippen LogP contribution in [0.1, 0.15) is 16.7 Å². The molecule has 6 nitrogen and oxygen atoms in total. The van der Waals surface area contributed by atoms with E-state index in [0.717, 1.165) is 45.9 Å². The SMILES string of the molecule is Cc1cccnc1-c1cccc2c1O[C@@H](CNC(=O)Cc1ccc3c(c1)OCO3)C2. The van der Waals surface area contributed by atoms with Gasteiger partial charge in [-0.25, -0.2) is 0 Å². The van der Waals surface area contributed by atoms with Crippen LogP contribution in [0.15, 0.2) is 54.7 Å². The van der Waals surface area contributed by atoms with Gasteiger partial charge in [-0.1, -0.05) is 24.3 Å². The fraction of sp³-hybridized carbons (Fsp3) is 0.250.